The predicted octanol–water partition coefficient (Wildman–Crippen LogP) is 3.86. The first-order valence-corrected chi connectivity index (χ1v) is 11.8. The molecule has 0 amide bonds. The fraction of sp³-hybridized carbons (Fsp3) is 0.593. The first kappa shape index (κ1) is 30.3. The molecular weight excluding hydrogens is 452 g/mol. The zero-order valence-corrected chi connectivity index (χ0v) is 22.0. The number of carboxylic acids is 1. The highest BCUT2D eigenvalue weighted by molar-refractivity contribution is 5.87. The van der Waals surface area contributed by atoms with E-state index in [2.05, 4.69) is 0 Å². The highest BCUT2D eigenvalue weighted by Crippen LogP contribution is 2.26. The third-order valence-corrected chi connectivity index (χ3v) is 6.33. The molecule has 1 heterocycles. The van der Waals surface area contributed by atoms with Crippen molar-refractivity contribution in [2.45, 2.75) is 66.3 Å². The number of methoxy groups -OCH3 is 2. The molecule has 0 aliphatic carbocycles. The van der Waals surface area contributed by atoms with Crippen molar-refractivity contribution in [1.82, 2.24) is 0 Å². The molecule has 1 aliphatic heterocycles. The molecule has 0 bridgehead atoms. The minimum absolute atomic E-state index is 0.0910. The molecule has 0 unspecified atom stereocenters. The van der Waals surface area contributed by atoms with Crippen molar-refractivity contribution in [1.29, 1.82) is 0 Å². The number of hydrogen-bond acceptors (Lipinski definition) is 7. The summed E-state index contributed by atoms with van der Waals surface area (Å²) >= 11 is 0. The molecule has 0 aromatic carbocycles. The molecule has 8 nitrogen and oxygen atoms in total. The van der Waals surface area contributed by atoms with Crippen molar-refractivity contribution in [2.24, 2.45) is 23.7 Å². The zero-order chi connectivity index (χ0) is 26.9. The largest absolute Gasteiger partial charge is 0.490 e. The van der Waals surface area contributed by atoms with Gasteiger partial charge >= 0.3 is 11.9 Å². The number of Topliss-reactive ketones (excluding diaryl/α,β-unsaturated/α-hetero) is 1. The Balaban J connectivity index is 3.55. The van der Waals surface area contributed by atoms with Gasteiger partial charge in [0.25, 0.3) is 0 Å². The quantitative estimate of drug-likeness (QED) is 0.537. The molecule has 7 atom stereocenters. The molecule has 0 radical (unpaired) electrons. The summed E-state index contributed by atoms with van der Waals surface area (Å²) in [4.78, 5) is 37.3. The van der Waals surface area contributed by atoms with Crippen molar-refractivity contribution in [2.75, 3.05) is 14.2 Å². The lowest BCUT2D eigenvalue weighted by Gasteiger charge is -2.33. The van der Waals surface area contributed by atoms with Gasteiger partial charge in [-0.25, -0.2) is 4.79 Å². The van der Waals surface area contributed by atoms with Crippen molar-refractivity contribution in [3.8, 4) is 0 Å². The maximum atomic E-state index is 13.0. The van der Waals surface area contributed by atoms with Gasteiger partial charge in [0.15, 0.2) is 0 Å². The van der Waals surface area contributed by atoms with E-state index in [4.69, 9.17) is 14.2 Å². The SMILES string of the molecule is CO/C1=C\C(C)=C\[C@@H](C)C(=O)[C@@H](C)C/C(C)=C/C=C/[C@H](OC)[C@@H]([C@@H](C)[C@@H](O)[C@H](C)C(=O)O)OC1=O. The smallest absolute Gasteiger partial charge is 0.373 e. The van der Waals surface area contributed by atoms with Gasteiger partial charge in [0, 0.05) is 24.9 Å². The molecule has 0 saturated heterocycles. The van der Waals surface area contributed by atoms with Crippen LogP contribution >= 0.6 is 0 Å². The summed E-state index contributed by atoms with van der Waals surface area (Å²) in [6.45, 7) is 10.4. The van der Waals surface area contributed by atoms with Gasteiger partial charge in [0.1, 0.15) is 18.0 Å². The first-order chi connectivity index (χ1) is 16.3. The van der Waals surface area contributed by atoms with E-state index < -0.39 is 42.1 Å². The minimum atomic E-state index is -1.30. The van der Waals surface area contributed by atoms with Crippen LogP contribution in [0.4, 0.5) is 0 Å². The predicted molar refractivity (Wildman–Crippen MR) is 132 cm³/mol. The fourth-order valence-corrected chi connectivity index (χ4v) is 4.14. The van der Waals surface area contributed by atoms with Crippen LogP contribution < -0.4 is 0 Å². The van der Waals surface area contributed by atoms with Gasteiger partial charge in [-0.3, -0.25) is 9.59 Å². The lowest BCUT2D eigenvalue weighted by Crippen LogP contribution is -2.45. The van der Waals surface area contributed by atoms with Crippen LogP contribution in [-0.4, -0.2) is 60.5 Å². The number of esters is 1. The highest BCUT2D eigenvalue weighted by Gasteiger charge is 2.38. The van der Waals surface area contributed by atoms with Crippen LogP contribution in [-0.2, 0) is 28.6 Å². The maximum Gasteiger partial charge on any atom is 0.373 e. The van der Waals surface area contributed by atoms with Gasteiger partial charge in [0.05, 0.1) is 19.1 Å². The lowest BCUT2D eigenvalue weighted by molar-refractivity contribution is -0.164. The number of carbonyl (C=O) groups excluding carboxylic acids is 2. The Morgan fingerprint density at radius 3 is 2.34 bits per heavy atom. The lowest BCUT2D eigenvalue weighted by atomic mass is 9.86. The van der Waals surface area contributed by atoms with Crippen LogP contribution in [0.2, 0.25) is 0 Å². The molecule has 0 fully saturated rings. The second-order valence-corrected chi connectivity index (χ2v) is 9.36. The van der Waals surface area contributed by atoms with E-state index in [-0.39, 0.29) is 23.4 Å². The number of ketones is 1. The molecule has 2 N–H and O–H groups in total. The van der Waals surface area contributed by atoms with E-state index in [1.165, 1.54) is 27.2 Å². The number of aliphatic hydroxyl groups excluding tert-OH is 1. The number of rotatable bonds is 6. The van der Waals surface area contributed by atoms with Crippen LogP contribution in [0.5, 0.6) is 0 Å². The number of hydrogen-bond donors (Lipinski definition) is 2. The number of ether oxygens (including phenoxy) is 3. The van der Waals surface area contributed by atoms with Gasteiger partial charge in [-0.2, -0.15) is 0 Å². The average Bonchev–Trinajstić information content (AvgIpc) is 2.80. The number of carbonyl (C=O) groups is 3. The Hall–Kier alpha value is -2.71. The summed E-state index contributed by atoms with van der Waals surface area (Å²) in [7, 11) is 2.77. The maximum absolute atomic E-state index is 13.0. The molecule has 0 saturated carbocycles. The Kier molecular flexibility index (Phi) is 12.1. The highest BCUT2D eigenvalue weighted by atomic mass is 16.6. The van der Waals surface area contributed by atoms with E-state index in [0.29, 0.717) is 12.0 Å². The Labute approximate surface area is 208 Å². The van der Waals surface area contributed by atoms with E-state index in [1.54, 1.807) is 32.1 Å². The van der Waals surface area contributed by atoms with Crippen LogP contribution in [0, 0.1) is 23.7 Å². The molecule has 0 aromatic rings. The Bertz CT molecular complexity index is 882. The molecule has 1 rings (SSSR count). The number of aliphatic hydroxyl groups is 1. The third-order valence-electron chi connectivity index (χ3n) is 6.33. The van der Waals surface area contributed by atoms with Crippen LogP contribution in [0.25, 0.3) is 0 Å². The molecule has 0 aromatic heterocycles. The summed E-state index contributed by atoms with van der Waals surface area (Å²) < 4.78 is 16.6. The van der Waals surface area contributed by atoms with Crippen molar-refractivity contribution >= 4 is 17.7 Å². The number of carboxylic acid groups (broad SMARTS) is 1. The van der Waals surface area contributed by atoms with Crippen molar-refractivity contribution in [3.05, 3.63) is 47.3 Å². The van der Waals surface area contributed by atoms with Crippen LogP contribution in [0.1, 0.15) is 48.0 Å². The van der Waals surface area contributed by atoms with Crippen molar-refractivity contribution < 1.29 is 38.8 Å². The minimum Gasteiger partial charge on any atom is -0.490 e. The Morgan fingerprint density at radius 1 is 1.17 bits per heavy atom. The fourth-order valence-electron chi connectivity index (χ4n) is 4.14. The summed E-state index contributed by atoms with van der Waals surface area (Å²) in [6.07, 6.45) is 6.03. The van der Waals surface area contributed by atoms with Gasteiger partial charge < -0.3 is 24.4 Å². The number of cyclic esters (lactones) is 1. The molecule has 196 valence electrons. The standard InChI is InChI=1S/C27H40O8/c1-15-10-9-11-21(33-7)25(19(5)24(29)20(6)26(30)31)35-27(32)22(34-8)14-16(2)13-18(4)23(28)17(3)12-15/h9-11,13-14,17-21,24-25,29H,12H2,1-8H3,(H,30,31)/b11-9+,15-10+,16-13+,22-14-/t17-,18+,19-,20-,21-,24+,25+/m0/s1. The van der Waals surface area contributed by atoms with Crippen molar-refractivity contribution in [3.63, 3.8) is 0 Å². The molecule has 0 spiro atoms. The van der Waals surface area contributed by atoms with E-state index in [0.717, 1.165) is 5.57 Å². The van der Waals surface area contributed by atoms with Gasteiger partial charge in [-0.15, -0.1) is 0 Å². The molecule has 35 heavy (non-hydrogen) atoms. The van der Waals surface area contributed by atoms with E-state index >= 15 is 0 Å². The monoisotopic (exact) mass is 492 g/mol. The van der Waals surface area contributed by atoms with Crippen LogP contribution in [0.15, 0.2) is 47.3 Å². The Morgan fingerprint density at radius 2 is 1.80 bits per heavy atom. The normalized spacial score (nSPS) is 33.0. The summed E-state index contributed by atoms with van der Waals surface area (Å²) in [5.74, 6) is -4.38. The molecule has 1 aliphatic rings. The topological polar surface area (TPSA) is 119 Å². The molecular formula is C27H40O8. The third kappa shape index (κ3) is 8.78. The summed E-state index contributed by atoms with van der Waals surface area (Å²) in [5, 5.41) is 20.0. The van der Waals surface area contributed by atoms with E-state index in [1.807, 2.05) is 26.8 Å². The second kappa shape index (κ2) is 14.0. The summed E-state index contributed by atoms with van der Waals surface area (Å²) in [6, 6.07) is 0. The van der Waals surface area contributed by atoms with Gasteiger partial charge in [-0.1, -0.05) is 56.2 Å². The zero-order valence-electron chi connectivity index (χ0n) is 22.0. The van der Waals surface area contributed by atoms with Crippen LogP contribution in [0.3, 0.4) is 0 Å². The number of aliphatic carboxylic acids is 1. The summed E-state index contributed by atoms with van der Waals surface area (Å²) in [5.41, 5.74) is 1.64. The number of allylic oxidation sites excluding steroid dienone is 6. The van der Waals surface area contributed by atoms with Gasteiger partial charge in [0.2, 0.25) is 5.76 Å². The second-order valence-electron chi connectivity index (χ2n) is 9.36. The van der Waals surface area contributed by atoms with E-state index in [9.17, 15) is 24.6 Å². The first-order valence-electron chi connectivity index (χ1n) is 11.8. The average molecular weight is 493 g/mol. The molecule has 8 heteroatoms. The van der Waals surface area contributed by atoms with Gasteiger partial charge in [-0.05, 0) is 33.3 Å².